The lowest BCUT2D eigenvalue weighted by Gasteiger charge is -2.39. The summed E-state index contributed by atoms with van der Waals surface area (Å²) in [5.74, 6) is 4.18. The van der Waals surface area contributed by atoms with Gasteiger partial charge in [0.25, 0.3) is 0 Å². The van der Waals surface area contributed by atoms with Crippen LogP contribution >= 0.6 is 0 Å². The minimum atomic E-state index is -0.456. The monoisotopic (exact) mass is 222 g/mol. The fraction of sp³-hybridized carbons (Fsp3) is 1.00. The van der Waals surface area contributed by atoms with E-state index in [2.05, 4.69) is 13.8 Å². The summed E-state index contributed by atoms with van der Waals surface area (Å²) in [6, 6.07) is 0. The minimum Gasteiger partial charge on any atom is -0.390 e. The topological polar surface area (TPSA) is 20.2 Å². The lowest BCUT2D eigenvalue weighted by molar-refractivity contribution is -0.0266. The molecule has 0 aromatic rings. The smallest absolute Gasteiger partial charge is 0.0622 e. The highest BCUT2D eigenvalue weighted by atomic mass is 16.3. The number of aliphatic hydroxyl groups is 1. The molecular weight excluding hydrogens is 196 g/mol. The van der Waals surface area contributed by atoms with Gasteiger partial charge in [-0.2, -0.15) is 0 Å². The molecule has 0 aromatic carbocycles. The zero-order valence-corrected chi connectivity index (χ0v) is 11.2. The van der Waals surface area contributed by atoms with Gasteiger partial charge in [0.05, 0.1) is 5.60 Å². The van der Waals surface area contributed by atoms with Crippen molar-refractivity contribution in [1.29, 1.82) is 0 Å². The molecule has 1 unspecified atom stereocenters. The molecule has 3 aliphatic carbocycles. The molecule has 1 N–H and O–H groups in total. The van der Waals surface area contributed by atoms with E-state index in [1.807, 2.05) is 13.8 Å². The second-order valence-electron chi connectivity index (χ2n) is 7.42. The lowest BCUT2D eigenvalue weighted by atomic mass is 9.68. The van der Waals surface area contributed by atoms with Crippen molar-refractivity contribution in [2.75, 3.05) is 0 Å². The summed E-state index contributed by atoms with van der Waals surface area (Å²) in [7, 11) is 0. The molecule has 3 rings (SSSR count). The molecule has 3 saturated carbocycles. The van der Waals surface area contributed by atoms with E-state index in [9.17, 15) is 5.11 Å². The largest absolute Gasteiger partial charge is 0.390 e. The highest BCUT2D eigenvalue weighted by molar-refractivity contribution is 5.22. The molecule has 0 aliphatic heterocycles. The standard InChI is InChI=1S/C15H26O/c1-9-7-8-15-10(2)5-6-11(14(3,4)16)13(15)12(9)15/h9-13,16H,5-8H2,1-4H3/t9-,10-,11-,12-,13-,15?/m0/s1. The van der Waals surface area contributed by atoms with Gasteiger partial charge in [-0.3, -0.25) is 0 Å². The Bertz CT molecular complexity index is 303. The Hall–Kier alpha value is -0.0400. The predicted octanol–water partition coefficient (Wildman–Crippen LogP) is 3.47. The van der Waals surface area contributed by atoms with Gasteiger partial charge in [0.1, 0.15) is 0 Å². The number of fused-ring (bicyclic) bond motifs is 1. The molecule has 0 bridgehead atoms. The van der Waals surface area contributed by atoms with E-state index in [1.165, 1.54) is 25.7 Å². The van der Waals surface area contributed by atoms with Crippen molar-refractivity contribution in [1.82, 2.24) is 0 Å². The maximum Gasteiger partial charge on any atom is 0.0622 e. The third-order valence-electron chi connectivity index (χ3n) is 6.33. The average Bonchev–Trinajstić information content (AvgIpc) is 2.73. The Balaban J connectivity index is 1.90. The third kappa shape index (κ3) is 1.16. The van der Waals surface area contributed by atoms with Gasteiger partial charge in [-0.05, 0) is 74.5 Å². The zero-order valence-electron chi connectivity index (χ0n) is 11.2. The molecule has 1 heteroatoms. The van der Waals surface area contributed by atoms with Crippen molar-refractivity contribution in [2.24, 2.45) is 35.0 Å². The molecule has 0 aromatic heterocycles. The maximum absolute atomic E-state index is 10.4. The molecule has 0 amide bonds. The van der Waals surface area contributed by atoms with Crippen LogP contribution < -0.4 is 0 Å². The van der Waals surface area contributed by atoms with Gasteiger partial charge in [0.2, 0.25) is 0 Å². The van der Waals surface area contributed by atoms with Crippen LogP contribution in [-0.4, -0.2) is 10.7 Å². The van der Waals surface area contributed by atoms with Gasteiger partial charge in [0, 0.05) is 0 Å². The fourth-order valence-corrected chi connectivity index (χ4v) is 5.59. The van der Waals surface area contributed by atoms with Crippen molar-refractivity contribution < 1.29 is 5.11 Å². The molecule has 92 valence electrons. The van der Waals surface area contributed by atoms with Crippen LogP contribution in [-0.2, 0) is 0 Å². The first-order chi connectivity index (χ1) is 7.39. The van der Waals surface area contributed by atoms with Crippen LogP contribution in [0.4, 0.5) is 0 Å². The van der Waals surface area contributed by atoms with Gasteiger partial charge < -0.3 is 5.11 Å². The van der Waals surface area contributed by atoms with Crippen LogP contribution in [0, 0.1) is 35.0 Å². The van der Waals surface area contributed by atoms with E-state index in [0.29, 0.717) is 11.3 Å². The Morgan fingerprint density at radius 3 is 2.38 bits per heavy atom. The van der Waals surface area contributed by atoms with E-state index in [4.69, 9.17) is 0 Å². The molecule has 3 fully saturated rings. The molecule has 0 saturated heterocycles. The Morgan fingerprint density at radius 1 is 1.06 bits per heavy atom. The van der Waals surface area contributed by atoms with Crippen LogP contribution in [0.5, 0.6) is 0 Å². The van der Waals surface area contributed by atoms with Crippen molar-refractivity contribution >= 4 is 0 Å². The van der Waals surface area contributed by atoms with Crippen molar-refractivity contribution in [3.63, 3.8) is 0 Å². The van der Waals surface area contributed by atoms with Crippen LogP contribution in [0.15, 0.2) is 0 Å². The highest BCUT2D eigenvalue weighted by Gasteiger charge is 2.74. The summed E-state index contributed by atoms with van der Waals surface area (Å²) in [5.41, 5.74) is 0.199. The van der Waals surface area contributed by atoms with E-state index in [0.717, 1.165) is 23.7 Å². The second-order valence-corrected chi connectivity index (χ2v) is 7.42. The number of hydrogen-bond acceptors (Lipinski definition) is 1. The normalized spacial score (nSPS) is 55.7. The predicted molar refractivity (Wildman–Crippen MR) is 66.0 cm³/mol. The molecule has 6 atom stereocenters. The number of hydrogen-bond donors (Lipinski definition) is 1. The molecule has 0 radical (unpaired) electrons. The third-order valence-corrected chi connectivity index (χ3v) is 6.33. The van der Waals surface area contributed by atoms with Gasteiger partial charge in [0.15, 0.2) is 0 Å². The summed E-state index contributed by atoms with van der Waals surface area (Å²) in [4.78, 5) is 0. The molecular formula is C15H26O. The van der Waals surface area contributed by atoms with Crippen molar-refractivity contribution in [3.8, 4) is 0 Å². The first kappa shape index (κ1) is 11.1. The maximum atomic E-state index is 10.4. The fourth-order valence-electron chi connectivity index (χ4n) is 5.59. The minimum absolute atomic E-state index is 0.456. The first-order valence-corrected chi connectivity index (χ1v) is 7.11. The van der Waals surface area contributed by atoms with Crippen LogP contribution in [0.25, 0.3) is 0 Å². The molecule has 3 aliphatic rings. The van der Waals surface area contributed by atoms with Crippen molar-refractivity contribution in [2.45, 2.75) is 59.0 Å². The molecule has 1 nitrogen and oxygen atoms in total. The van der Waals surface area contributed by atoms with Gasteiger partial charge in [-0.1, -0.05) is 13.8 Å². The van der Waals surface area contributed by atoms with Crippen LogP contribution in [0.1, 0.15) is 53.4 Å². The van der Waals surface area contributed by atoms with E-state index >= 15 is 0 Å². The summed E-state index contributed by atoms with van der Waals surface area (Å²) < 4.78 is 0. The van der Waals surface area contributed by atoms with E-state index < -0.39 is 5.60 Å². The summed E-state index contributed by atoms with van der Waals surface area (Å²) in [5, 5.41) is 10.4. The Labute approximate surface area is 99.6 Å². The molecule has 1 spiro atoms. The van der Waals surface area contributed by atoms with Crippen LogP contribution in [0.3, 0.4) is 0 Å². The summed E-state index contributed by atoms with van der Waals surface area (Å²) in [6.07, 6.45) is 5.47. The zero-order chi connectivity index (χ0) is 11.7. The lowest BCUT2D eigenvalue weighted by Crippen LogP contribution is -2.38. The molecule has 16 heavy (non-hydrogen) atoms. The van der Waals surface area contributed by atoms with E-state index in [-0.39, 0.29) is 0 Å². The average molecular weight is 222 g/mol. The number of rotatable bonds is 1. The Morgan fingerprint density at radius 2 is 1.75 bits per heavy atom. The molecule has 0 heterocycles. The van der Waals surface area contributed by atoms with Crippen molar-refractivity contribution in [3.05, 3.63) is 0 Å². The second kappa shape index (κ2) is 3.04. The summed E-state index contributed by atoms with van der Waals surface area (Å²) >= 11 is 0. The van der Waals surface area contributed by atoms with Gasteiger partial charge >= 0.3 is 0 Å². The van der Waals surface area contributed by atoms with Gasteiger partial charge in [-0.15, -0.1) is 0 Å². The van der Waals surface area contributed by atoms with Crippen LogP contribution in [0.2, 0.25) is 0 Å². The van der Waals surface area contributed by atoms with Gasteiger partial charge in [-0.25, -0.2) is 0 Å². The Kier molecular flexibility index (Phi) is 2.11. The quantitative estimate of drug-likeness (QED) is 0.720. The highest BCUT2D eigenvalue weighted by Crippen LogP contribution is 2.79. The van der Waals surface area contributed by atoms with E-state index in [1.54, 1.807) is 0 Å². The summed E-state index contributed by atoms with van der Waals surface area (Å²) in [6.45, 7) is 8.96. The first-order valence-electron chi connectivity index (χ1n) is 7.11. The SMILES string of the molecule is C[C@H]1CCC23[C@@H]1[C@@H]2[C@@H](C(C)(C)O)CC[C@@H]3C.